The number of ether oxygens (including phenoxy) is 1. The summed E-state index contributed by atoms with van der Waals surface area (Å²) in [4.78, 5) is 0. The van der Waals surface area contributed by atoms with Gasteiger partial charge in [0.15, 0.2) is 0 Å². The normalized spacial score (nSPS) is 20.6. The molecule has 1 heterocycles. The first-order valence-corrected chi connectivity index (χ1v) is 2.34. The SMILES string of the molecule is N#CC=C1CC=CO1. The highest BCUT2D eigenvalue weighted by atomic mass is 16.5. The topological polar surface area (TPSA) is 33.0 Å². The van der Waals surface area contributed by atoms with Gasteiger partial charge in [0.1, 0.15) is 5.76 Å². The highest BCUT2D eigenvalue weighted by Crippen LogP contribution is 2.11. The van der Waals surface area contributed by atoms with E-state index in [2.05, 4.69) is 0 Å². The number of hydrogen-bond donors (Lipinski definition) is 0. The molecule has 1 rings (SSSR count). The van der Waals surface area contributed by atoms with E-state index in [9.17, 15) is 0 Å². The smallest absolute Gasteiger partial charge is 0.117 e. The Morgan fingerprint density at radius 2 is 2.75 bits per heavy atom. The molecule has 0 unspecified atom stereocenters. The van der Waals surface area contributed by atoms with Crippen LogP contribution in [0.1, 0.15) is 6.42 Å². The second-order valence-corrected chi connectivity index (χ2v) is 1.43. The van der Waals surface area contributed by atoms with Crippen LogP contribution in [-0.2, 0) is 4.74 Å². The summed E-state index contributed by atoms with van der Waals surface area (Å²) < 4.78 is 4.85. The van der Waals surface area contributed by atoms with Gasteiger partial charge in [-0.25, -0.2) is 0 Å². The standard InChI is InChI=1S/C6H5NO/c7-4-3-6-2-1-5-8-6/h1,3,5H,2H2. The molecule has 0 fully saturated rings. The molecule has 0 radical (unpaired) electrons. The maximum absolute atomic E-state index is 8.09. The molecule has 40 valence electrons. The number of nitriles is 1. The van der Waals surface area contributed by atoms with Crippen LogP contribution < -0.4 is 0 Å². The van der Waals surface area contributed by atoms with Gasteiger partial charge in [0.25, 0.3) is 0 Å². The fourth-order valence-corrected chi connectivity index (χ4v) is 0.513. The van der Waals surface area contributed by atoms with Crippen LogP contribution in [-0.4, -0.2) is 0 Å². The van der Waals surface area contributed by atoms with E-state index in [4.69, 9.17) is 10.00 Å². The van der Waals surface area contributed by atoms with Crippen LogP contribution in [0, 0.1) is 11.3 Å². The Bertz CT molecular complexity index is 163. The zero-order valence-corrected chi connectivity index (χ0v) is 4.29. The summed E-state index contributed by atoms with van der Waals surface area (Å²) >= 11 is 0. The van der Waals surface area contributed by atoms with Crippen molar-refractivity contribution in [1.29, 1.82) is 5.26 Å². The first-order valence-electron chi connectivity index (χ1n) is 2.34. The minimum Gasteiger partial charge on any atom is -0.469 e. The van der Waals surface area contributed by atoms with E-state index in [0.29, 0.717) is 0 Å². The van der Waals surface area contributed by atoms with E-state index < -0.39 is 0 Å². The van der Waals surface area contributed by atoms with Crippen LogP contribution in [0.3, 0.4) is 0 Å². The van der Waals surface area contributed by atoms with Crippen molar-refractivity contribution >= 4 is 0 Å². The van der Waals surface area contributed by atoms with Gasteiger partial charge in [0.2, 0.25) is 0 Å². The van der Waals surface area contributed by atoms with E-state index in [1.807, 2.05) is 12.1 Å². The van der Waals surface area contributed by atoms with E-state index >= 15 is 0 Å². The Balaban J connectivity index is 2.54. The highest BCUT2D eigenvalue weighted by Gasteiger charge is 1.97. The monoisotopic (exact) mass is 107 g/mol. The Hall–Kier alpha value is -1.23. The van der Waals surface area contributed by atoms with Crippen molar-refractivity contribution in [2.75, 3.05) is 0 Å². The third kappa shape index (κ3) is 0.881. The van der Waals surface area contributed by atoms with Crippen molar-refractivity contribution in [3.05, 3.63) is 24.2 Å². The van der Waals surface area contributed by atoms with Crippen LogP contribution >= 0.6 is 0 Å². The van der Waals surface area contributed by atoms with E-state index in [1.165, 1.54) is 6.08 Å². The van der Waals surface area contributed by atoms with Crippen molar-refractivity contribution in [3.8, 4) is 6.07 Å². The van der Waals surface area contributed by atoms with E-state index in [1.54, 1.807) is 6.26 Å². The van der Waals surface area contributed by atoms with Crippen molar-refractivity contribution < 1.29 is 4.74 Å². The van der Waals surface area contributed by atoms with Crippen LogP contribution in [0.2, 0.25) is 0 Å². The van der Waals surface area contributed by atoms with Gasteiger partial charge in [-0.1, -0.05) is 0 Å². The lowest BCUT2D eigenvalue weighted by Gasteiger charge is -1.88. The summed E-state index contributed by atoms with van der Waals surface area (Å²) in [5.74, 6) is 0.729. The maximum atomic E-state index is 8.09. The fourth-order valence-electron chi connectivity index (χ4n) is 0.513. The fraction of sp³-hybridized carbons (Fsp3) is 0.167. The molecule has 0 aliphatic carbocycles. The number of nitrogens with zero attached hydrogens (tertiary/aromatic N) is 1. The Morgan fingerprint density at radius 1 is 1.88 bits per heavy atom. The second kappa shape index (κ2) is 2.17. The van der Waals surface area contributed by atoms with Crippen molar-refractivity contribution in [1.82, 2.24) is 0 Å². The molecular formula is C6H5NO. The average Bonchev–Trinajstić information content (AvgIpc) is 2.19. The molecule has 0 amide bonds. The molecule has 0 aromatic carbocycles. The third-order valence-electron chi connectivity index (χ3n) is 0.860. The first-order chi connectivity index (χ1) is 3.93. The van der Waals surface area contributed by atoms with Gasteiger partial charge < -0.3 is 4.74 Å². The van der Waals surface area contributed by atoms with Gasteiger partial charge in [-0.2, -0.15) is 5.26 Å². The predicted molar refractivity (Wildman–Crippen MR) is 28.5 cm³/mol. The zero-order valence-electron chi connectivity index (χ0n) is 4.29. The predicted octanol–water partition coefficient (Wildman–Crippen LogP) is 1.33. The lowest BCUT2D eigenvalue weighted by atomic mass is 10.4. The number of allylic oxidation sites excluding steroid dienone is 2. The Kier molecular flexibility index (Phi) is 1.34. The quantitative estimate of drug-likeness (QED) is 0.437. The van der Waals surface area contributed by atoms with Crippen LogP contribution in [0.15, 0.2) is 24.2 Å². The molecule has 0 saturated heterocycles. The molecule has 0 N–H and O–H groups in total. The van der Waals surface area contributed by atoms with Gasteiger partial charge in [0, 0.05) is 6.42 Å². The van der Waals surface area contributed by atoms with E-state index in [0.717, 1.165) is 12.2 Å². The Morgan fingerprint density at radius 3 is 3.25 bits per heavy atom. The molecule has 1 aliphatic heterocycles. The highest BCUT2D eigenvalue weighted by molar-refractivity contribution is 5.14. The van der Waals surface area contributed by atoms with Crippen LogP contribution in [0.4, 0.5) is 0 Å². The minimum absolute atomic E-state index is 0.729. The largest absolute Gasteiger partial charge is 0.469 e. The van der Waals surface area contributed by atoms with Gasteiger partial charge >= 0.3 is 0 Å². The second-order valence-electron chi connectivity index (χ2n) is 1.43. The lowest BCUT2D eigenvalue weighted by Crippen LogP contribution is -1.72. The lowest BCUT2D eigenvalue weighted by molar-refractivity contribution is 0.367. The van der Waals surface area contributed by atoms with Crippen molar-refractivity contribution in [2.24, 2.45) is 0 Å². The molecule has 0 aromatic rings. The zero-order chi connectivity index (χ0) is 5.82. The number of rotatable bonds is 0. The third-order valence-corrected chi connectivity index (χ3v) is 0.860. The van der Waals surface area contributed by atoms with Crippen molar-refractivity contribution in [2.45, 2.75) is 6.42 Å². The van der Waals surface area contributed by atoms with Gasteiger partial charge in [-0.15, -0.1) is 0 Å². The summed E-state index contributed by atoms with van der Waals surface area (Å²) in [5, 5.41) is 8.09. The van der Waals surface area contributed by atoms with E-state index in [-0.39, 0.29) is 0 Å². The molecule has 0 saturated carbocycles. The molecule has 8 heavy (non-hydrogen) atoms. The number of hydrogen-bond acceptors (Lipinski definition) is 2. The summed E-state index contributed by atoms with van der Waals surface area (Å²) in [6.07, 6.45) is 5.61. The maximum Gasteiger partial charge on any atom is 0.117 e. The molecular weight excluding hydrogens is 102 g/mol. The Labute approximate surface area is 47.7 Å². The molecule has 1 aliphatic rings. The minimum atomic E-state index is 0.729. The van der Waals surface area contributed by atoms with Gasteiger partial charge in [-0.3, -0.25) is 0 Å². The molecule has 2 nitrogen and oxygen atoms in total. The van der Waals surface area contributed by atoms with Crippen LogP contribution in [0.25, 0.3) is 0 Å². The van der Waals surface area contributed by atoms with Gasteiger partial charge in [0.05, 0.1) is 18.4 Å². The molecule has 0 aromatic heterocycles. The van der Waals surface area contributed by atoms with Crippen molar-refractivity contribution in [3.63, 3.8) is 0 Å². The summed E-state index contributed by atoms with van der Waals surface area (Å²) in [5.41, 5.74) is 0. The molecule has 0 bridgehead atoms. The molecule has 2 heteroatoms. The summed E-state index contributed by atoms with van der Waals surface area (Å²) in [6, 6.07) is 1.88. The van der Waals surface area contributed by atoms with Crippen LogP contribution in [0.5, 0.6) is 0 Å². The molecule has 0 spiro atoms. The molecule has 0 atom stereocenters. The summed E-state index contributed by atoms with van der Waals surface area (Å²) in [7, 11) is 0. The van der Waals surface area contributed by atoms with Gasteiger partial charge in [-0.05, 0) is 6.08 Å². The summed E-state index contributed by atoms with van der Waals surface area (Å²) in [6.45, 7) is 0. The average molecular weight is 107 g/mol. The first kappa shape index (κ1) is 4.92.